The summed E-state index contributed by atoms with van der Waals surface area (Å²) < 4.78 is 26.5. The highest BCUT2D eigenvalue weighted by atomic mass is 16.8. The van der Waals surface area contributed by atoms with Gasteiger partial charge in [-0.05, 0) is 57.7 Å². The molecule has 14 heteroatoms. The monoisotopic (exact) mass is 624 g/mol. The largest absolute Gasteiger partial charge is 0.444 e. The van der Waals surface area contributed by atoms with Crippen LogP contribution >= 0.6 is 0 Å². The van der Waals surface area contributed by atoms with Crippen molar-refractivity contribution in [3.8, 4) is 0 Å². The molecular weight excluding hydrogens is 580 g/mol. The molecule has 2 aromatic heterocycles. The summed E-state index contributed by atoms with van der Waals surface area (Å²) in [5, 5.41) is 5.67. The number of benzene rings is 1. The van der Waals surface area contributed by atoms with Crippen molar-refractivity contribution < 1.29 is 28.5 Å². The first-order valence-electron chi connectivity index (χ1n) is 15.1. The maximum Gasteiger partial charge on any atom is 0.410 e. The summed E-state index contributed by atoms with van der Waals surface area (Å²) >= 11 is 0. The molecule has 2 aliphatic rings. The van der Waals surface area contributed by atoms with Gasteiger partial charge in [-0.1, -0.05) is 32.9 Å². The number of fused-ring (bicyclic) bond motifs is 2. The van der Waals surface area contributed by atoms with E-state index in [2.05, 4.69) is 46.4 Å². The molecule has 0 bridgehead atoms. The summed E-state index contributed by atoms with van der Waals surface area (Å²) in [5.74, 6) is -0.634. The van der Waals surface area contributed by atoms with E-state index in [0.717, 1.165) is 0 Å². The number of carbonyl (C=O) groups is 2. The highest BCUT2D eigenvalue weighted by molar-refractivity contribution is 5.89. The Labute approximate surface area is 263 Å². The van der Waals surface area contributed by atoms with Crippen molar-refractivity contribution in [2.45, 2.75) is 96.7 Å². The standard InChI is InChI=1S/C31H44N8O6/c1-29(2,3)18-9-11-19(12-10-18)37-27(40)33-13-14-38(28(41)45-30(4,5)6)15-20-22-23(44-31(7,8)43-22)26(42-20)39-17-36-21-24(32)34-16-35-25(21)39/h9-12,16-17,20,22-23,26H,13-15H2,1-8H3,(H2,32,34,35)(H2,33,37,40)/t20-,22-,23-,26-/m1/s1. The quantitative estimate of drug-likeness (QED) is 0.347. The molecule has 2 saturated heterocycles. The molecule has 4 N–H and O–H groups in total. The van der Waals surface area contributed by atoms with Crippen molar-refractivity contribution >= 4 is 34.8 Å². The number of rotatable bonds is 7. The highest BCUT2D eigenvalue weighted by Gasteiger charge is 2.56. The van der Waals surface area contributed by atoms with Crippen molar-refractivity contribution in [3.05, 3.63) is 42.5 Å². The van der Waals surface area contributed by atoms with E-state index in [1.807, 2.05) is 38.1 Å². The molecule has 0 spiro atoms. The number of urea groups is 1. The number of hydrogen-bond acceptors (Lipinski definition) is 10. The topological polar surface area (TPSA) is 168 Å². The van der Waals surface area contributed by atoms with Crippen LogP contribution in [0, 0.1) is 0 Å². The van der Waals surface area contributed by atoms with E-state index in [0.29, 0.717) is 16.9 Å². The second-order valence-electron chi connectivity index (χ2n) is 13.8. The van der Waals surface area contributed by atoms with Gasteiger partial charge in [-0.25, -0.2) is 24.5 Å². The van der Waals surface area contributed by atoms with Gasteiger partial charge in [0.05, 0.1) is 12.9 Å². The number of nitrogens with zero attached hydrogens (tertiary/aromatic N) is 5. The van der Waals surface area contributed by atoms with E-state index >= 15 is 0 Å². The first-order valence-corrected chi connectivity index (χ1v) is 15.1. The number of anilines is 2. The third-order valence-electron chi connectivity index (χ3n) is 7.51. The van der Waals surface area contributed by atoms with Crippen molar-refractivity contribution in [2.24, 2.45) is 0 Å². The predicted octanol–water partition coefficient (Wildman–Crippen LogP) is 4.18. The van der Waals surface area contributed by atoms with Gasteiger partial charge in [-0.15, -0.1) is 0 Å². The number of carbonyl (C=O) groups excluding carboxylic acids is 2. The van der Waals surface area contributed by atoms with E-state index in [1.54, 1.807) is 31.7 Å². The second-order valence-corrected chi connectivity index (χ2v) is 13.8. The molecule has 2 fully saturated rings. The maximum absolute atomic E-state index is 13.4. The van der Waals surface area contributed by atoms with Gasteiger partial charge in [0.2, 0.25) is 0 Å². The number of nitrogens with two attached hydrogens (primary N) is 1. The minimum absolute atomic E-state index is 0.00924. The van der Waals surface area contributed by atoms with Crippen LogP contribution in [0.1, 0.15) is 67.2 Å². The molecular formula is C31H44N8O6. The Morgan fingerprint density at radius 2 is 1.73 bits per heavy atom. The first-order chi connectivity index (χ1) is 21.0. The fourth-order valence-corrected chi connectivity index (χ4v) is 5.42. The zero-order valence-electron chi connectivity index (χ0n) is 27.2. The molecule has 1 aromatic carbocycles. The van der Waals surface area contributed by atoms with E-state index in [1.165, 1.54) is 16.8 Å². The zero-order chi connectivity index (χ0) is 32.7. The first kappa shape index (κ1) is 32.4. The van der Waals surface area contributed by atoms with E-state index < -0.39 is 42.0 Å². The molecule has 0 radical (unpaired) electrons. The number of nitrogen functional groups attached to an aromatic ring is 1. The van der Waals surface area contributed by atoms with Crippen molar-refractivity contribution in [3.63, 3.8) is 0 Å². The van der Waals surface area contributed by atoms with Crippen LogP contribution in [0.3, 0.4) is 0 Å². The Morgan fingerprint density at radius 1 is 1.04 bits per heavy atom. The lowest BCUT2D eigenvalue weighted by Crippen LogP contribution is -2.47. The minimum atomic E-state index is -0.887. The molecule has 0 unspecified atom stereocenters. The van der Waals surface area contributed by atoms with Crippen molar-refractivity contribution in [2.75, 3.05) is 30.7 Å². The lowest BCUT2D eigenvalue weighted by molar-refractivity contribution is -0.197. The normalized spacial score (nSPS) is 22.7. The van der Waals surface area contributed by atoms with Crippen molar-refractivity contribution in [1.82, 2.24) is 29.7 Å². The average molecular weight is 625 g/mol. The number of amides is 3. The Morgan fingerprint density at radius 3 is 2.40 bits per heavy atom. The lowest BCUT2D eigenvalue weighted by Gasteiger charge is -2.31. The number of ether oxygens (including phenoxy) is 4. The van der Waals surface area contributed by atoms with Crippen LogP contribution in [-0.4, -0.2) is 85.9 Å². The summed E-state index contributed by atoms with van der Waals surface area (Å²) in [6.07, 6.45) is 0.115. The Bertz CT molecular complexity index is 1530. The molecule has 5 rings (SSSR count). The third kappa shape index (κ3) is 7.45. The van der Waals surface area contributed by atoms with Gasteiger partial charge in [-0.2, -0.15) is 0 Å². The fourth-order valence-electron chi connectivity index (χ4n) is 5.42. The lowest BCUT2D eigenvalue weighted by atomic mass is 9.87. The molecule has 3 amide bonds. The van der Waals surface area contributed by atoms with Gasteiger partial charge in [0.25, 0.3) is 0 Å². The Kier molecular flexibility index (Phi) is 8.68. The molecule has 244 valence electrons. The summed E-state index contributed by atoms with van der Waals surface area (Å²) in [7, 11) is 0. The predicted molar refractivity (Wildman–Crippen MR) is 167 cm³/mol. The molecule has 0 saturated carbocycles. The number of nitrogens with one attached hydrogen (secondary N) is 2. The average Bonchev–Trinajstić information content (AvgIpc) is 3.58. The minimum Gasteiger partial charge on any atom is -0.444 e. The second kappa shape index (κ2) is 12.1. The van der Waals surface area contributed by atoms with Crippen LogP contribution < -0.4 is 16.4 Å². The van der Waals surface area contributed by atoms with Gasteiger partial charge in [0.1, 0.15) is 35.8 Å². The number of hydrogen-bond donors (Lipinski definition) is 3. The summed E-state index contributed by atoms with van der Waals surface area (Å²) in [4.78, 5) is 40.3. The van der Waals surface area contributed by atoms with Gasteiger partial charge in [0.15, 0.2) is 23.5 Å². The fraction of sp³-hybridized carbons (Fsp3) is 0.581. The van der Waals surface area contributed by atoms with Crippen LogP contribution in [0.15, 0.2) is 36.9 Å². The van der Waals surface area contributed by atoms with Gasteiger partial charge in [-0.3, -0.25) is 4.57 Å². The highest BCUT2D eigenvalue weighted by Crippen LogP contribution is 2.44. The smallest absolute Gasteiger partial charge is 0.410 e. The van der Waals surface area contributed by atoms with Crippen LogP contribution in [0.4, 0.5) is 21.1 Å². The summed E-state index contributed by atoms with van der Waals surface area (Å²) in [6, 6.07) is 7.33. The van der Waals surface area contributed by atoms with Crippen molar-refractivity contribution in [1.29, 1.82) is 0 Å². The third-order valence-corrected chi connectivity index (χ3v) is 7.51. The molecule has 45 heavy (non-hydrogen) atoms. The van der Waals surface area contributed by atoms with Gasteiger partial charge in [0, 0.05) is 18.8 Å². The summed E-state index contributed by atoms with van der Waals surface area (Å²) in [5.41, 5.74) is 8.06. The number of imidazole rings is 1. The maximum atomic E-state index is 13.4. The molecule has 2 aliphatic heterocycles. The van der Waals surface area contributed by atoms with E-state index in [4.69, 9.17) is 24.7 Å². The number of aromatic nitrogens is 4. The van der Waals surface area contributed by atoms with Crippen LogP contribution in [0.2, 0.25) is 0 Å². The zero-order valence-corrected chi connectivity index (χ0v) is 27.2. The molecule has 0 aliphatic carbocycles. The molecule has 14 nitrogen and oxygen atoms in total. The van der Waals surface area contributed by atoms with Crippen LogP contribution in [-0.2, 0) is 24.4 Å². The van der Waals surface area contributed by atoms with Gasteiger partial charge < -0.3 is 40.2 Å². The van der Waals surface area contributed by atoms with Crippen LogP contribution in [0.25, 0.3) is 11.2 Å². The summed E-state index contributed by atoms with van der Waals surface area (Å²) in [6.45, 7) is 15.9. The SMILES string of the molecule is CC(C)(C)OC(=O)N(CCNC(=O)Nc1ccc(C(C)(C)C)cc1)C[C@H]1O[C@@H](n2cnc3c(N)ncnc32)[C@@H]2OC(C)(C)O[C@@H]21. The van der Waals surface area contributed by atoms with Crippen LogP contribution in [0.5, 0.6) is 0 Å². The molecule has 3 aromatic rings. The Balaban J connectivity index is 1.29. The van der Waals surface area contributed by atoms with E-state index in [-0.39, 0.29) is 36.9 Å². The van der Waals surface area contributed by atoms with Gasteiger partial charge >= 0.3 is 12.1 Å². The Hall–Kier alpha value is -4.01. The van der Waals surface area contributed by atoms with E-state index in [9.17, 15) is 9.59 Å². The molecule has 4 heterocycles. The molecule has 4 atom stereocenters.